The zero-order valence-corrected chi connectivity index (χ0v) is 9.80. The van der Waals surface area contributed by atoms with Crippen LogP contribution in [0.15, 0.2) is 17.1 Å². The molecule has 1 aliphatic rings. The maximum atomic E-state index is 13.8. The lowest BCUT2D eigenvalue weighted by Gasteiger charge is -2.19. The van der Waals surface area contributed by atoms with Gasteiger partial charge in [-0.2, -0.15) is 0 Å². The Morgan fingerprint density at radius 1 is 1.61 bits per heavy atom. The first-order valence-corrected chi connectivity index (χ1v) is 5.45. The van der Waals surface area contributed by atoms with Gasteiger partial charge in [-0.1, -0.05) is 12.2 Å². The van der Waals surface area contributed by atoms with Gasteiger partial charge < -0.3 is 20.1 Å². The molecular weight excluding hydrogens is 267 g/mol. The lowest BCUT2D eigenvalue weighted by atomic mass is 10.1. The summed E-state index contributed by atoms with van der Waals surface area (Å²) in [7, 11) is 0. The van der Waals surface area contributed by atoms with Crippen molar-refractivity contribution in [2.75, 3.05) is 6.61 Å². The smallest absolute Gasteiger partial charge is 0.328 e. The Labute approximate surface area is 105 Å². The first kappa shape index (κ1) is 13.3. The normalized spacial score (nSPS) is 35.9. The van der Waals surface area contributed by atoms with Gasteiger partial charge in [-0.25, -0.2) is 9.18 Å². The summed E-state index contributed by atoms with van der Waals surface area (Å²) in [6.45, 7) is -1.14. The minimum Gasteiger partial charge on any atom is -0.390 e. The Bertz CT molecular complexity index is 560. The molecule has 0 radical (unpaired) electrons. The molecule has 0 aromatic carbocycles. The second kappa shape index (κ2) is 4.52. The molecule has 4 atom stereocenters. The zero-order chi connectivity index (χ0) is 13.5. The number of H-pyrrole nitrogens is 1. The van der Waals surface area contributed by atoms with E-state index in [2.05, 4.69) is 4.98 Å². The van der Waals surface area contributed by atoms with Crippen molar-refractivity contribution in [3.05, 3.63) is 27.4 Å². The topological polar surface area (TPSA) is 108 Å². The SMILES string of the molecule is O=c1[nH]c(=S)ccn1[C@@H]1O[C@](F)(CO)[C@@H](O)[C@H]1O. The predicted molar refractivity (Wildman–Crippen MR) is 58.9 cm³/mol. The number of aromatic amines is 1. The highest BCUT2D eigenvalue weighted by atomic mass is 32.1. The van der Waals surface area contributed by atoms with Gasteiger partial charge in [0.05, 0.1) is 0 Å². The number of halogens is 1. The molecule has 2 heterocycles. The van der Waals surface area contributed by atoms with E-state index in [-0.39, 0.29) is 4.64 Å². The van der Waals surface area contributed by atoms with Crippen LogP contribution >= 0.6 is 12.2 Å². The van der Waals surface area contributed by atoms with Crippen molar-refractivity contribution in [2.24, 2.45) is 0 Å². The molecule has 2 rings (SSSR count). The van der Waals surface area contributed by atoms with Crippen LogP contribution in [0.1, 0.15) is 6.23 Å². The minimum atomic E-state index is -2.81. The second-order valence-corrected chi connectivity index (χ2v) is 4.35. The quantitative estimate of drug-likeness (QED) is 0.507. The lowest BCUT2D eigenvalue weighted by Crippen LogP contribution is -2.42. The van der Waals surface area contributed by atoms with Crippen molar-refractivity contribution in [3.63, 3.8) is 0 Å². The molecule has 1 aliphatic heterocycles. The van der Waals surface area contributed by atoms with Crippen molar-refractivity contribution in [3.8, 4) is 0 Å². The zero-order valence-electron chi connectivity index (χ0n) is 8.99. The van der Waals surface area contributed by atoms with Crippen LogP contribution in [-0.4, -0.2) is 49.5 Å². The summed E-state index contributed by atoms with van der Waals surface area (Å²) in [4.78, 5) is 13.8. The number of hydrogen-bond acceptors (Lipinski definition) is 6. The maximum Gasteiger partial charge on any atom is 0.328 e. The van der Waals surface area contributed by atoms with Crippen LogP contribution < -0.4 is 5.69 Å². The summed E-state index contributed by atoms with van der Waals surface area (Å²) in [5, 5.41) is 27.9. The molecule has 0 aliphatic carbocycles. The van der Waals surface area contributed by atoms with E-state index in [1.165, 1.54) is 12.3 Å². The number of nitrogens with zero attached hydrogens (tertiary/aromatic N) is 1. The fourth-order valence-corrected chi connectivity index (χ4v) is 1.88. The van der Waals surface area contributed by atoms with E-state index in [1.54, 1.807) is 0 Å². The van der Waals surface area contributed by atoms with Gasteiger partial charge in [0.1, 0.15) is 23.5 Å². The van der Waals surface area contributed by atoms with Gasteiger partial charge in [0.15, 0.2) is 6.23 Å². The summed E-state index contributed by atoms with van der Waals surface area (Å²) in [5.74, 6) is -2.81. The number of nitrogens with one attached hydrogen (secondary N) is 1. The Hall–Kier alpha value is -1.13. The highest BCUT2D eigenvalue weighted by Crippen LogP contribution is 2.37. The van der Waals surface area contributed by atoms with E-state index in [0.29, 0.717) is 0 Å². The lowest BCUT2D eigenvalue weighted by molar-refractivity contribution is -0.207. The van der Waals surface area contributed by atoms with Crippen molar-refractivity contribution in [2.45, 2.75) is 24.3 Å². The number of aliphatic hydroxyl groups is 3. The number of hydrogen-bond donors (Lipinski definition) is 4. The average molecular weight is 278 g/mol. The molecular formula is C9H11FN2O5S. The Morgan fingerprint density at radius 3 is 2.78 bits per heavy atom. The molecule has 18 heavy (non-hydrogen) atoms. The second-order valence-electron chi connectivity index (χ2n) is 3.91. The van der Waals surface area contributed by atoms with Gasteiger partial charge in [-0.3, -0.25) is 9.55 Å². The average Bonchev–Trinajstić information content (AvgIpc) is 2.55. The van der Waals surface area contributed by atoms with Crippen molar-refractivity contribution in [1.29, 1.82) is 0 Å². The highest BCUT2D eigenvalue weighted by Gasteiger charge is 2.55. The Kier molecular flexibility index (Phi) is 3.34. The monoisotopic (exact) mass is 278 g/mol. The summed E-state index contributed by atoms with van der Waals surface area (Å²) in [5.41, 5.74) is -0.721. The van der Waals surface area contributed by atoms with Crippen molar-refractivity contribution >= 4 is 12.2 Å². The number of aliphatic hydroxyl groups excluding tert-OH is 3. The molecule has 0 unspecified atom stereocenters. The number of alkyl halides is 1. The summed E-state index contributed by atoms with van der Waals surface area (Å²) in [6.07, 6.45) is -3.89. The standard InChI is InChI=1S/C9H11FN2O5S/c10-9(3-13)6(15)5(14)7(17-9)12-2-1-4(18)11-8(12)16/h1-2,5-7,13-15H,3H2,(H,11,16,18)/t5-,6+,7-,9-/m1/s1. The molecule has 0 amide bonds. The molecule has 1 fully saturated rings. The van der Waals surface area contributed by atoms with Crippen LogP contribution in [0.25, 0.3) is 0 Å². The third-order valence-corrected chi connectivity index (χ3v) is 2.95. The van der Waals surface area contributed by atoms with Gasteiger partial charge in [-0.15, -0.1) is 0 Å². The third-order valence-electron chi connectivity index (χ3n) is 2.71. The number of rotatable bonds is 2. The molecule has 100 valence electrons. The predicted octanol–water partition coefficient (Wildman–Crippen LogP) is -1.19. The number of ether oxygens (including phenoxy) is 1. The molecule has 1 aromatic heterocycles. The Balaban J connectivity index is 2.41. The van der Waals surface area contributed by atoms with Gasteiger partial charge >= 0.3 is 5.69 Å². The number of aromatic nitrogens is 2. The van der Waals surface area contributed by atoms with Crippen LogP contribution in [0.5, 0.6) is 0 Å². The van der Waals surface area contributed by atoms with Gasteiger partial charge in [-0.05, 0) is 6.07 Å². The molecule has 0 saturated carbocycles. The summed E-state index contributed by atoms with van der Waals surface area (Å²) in [6, 6.07) is 1.34. The first-order valence-electron chi connectivity index (χ1n) is 5.04. The fraction of sp³-hybridized carbons (Fsp3) is 0.556. The maximum absolute atomic E-state index is 13.8. The van der Waals surface area contributed by atoms with E-state index in [1.807, 2.05) is 0 Å². The van der Waals surface area contributed by atoms with Crippen LogP contribution in [0, 0.1) is 4.64 Å². The first-order chi connectivity index (χ1) is 8.39. The van der Waals surface area contributed by atoms with Crippen molar-refractivity contribution < 1.29 is 24.4 Å². The van der Waals surface area contributed by atoms with E-state index in [0.717, 1.165) is 4.57 Å². The van der Waals surface area contributed by atoms with Crippen molar-refractivity contribution in [1.82, 2.24) is 9.55 Å². The molecule has 9 heteroatoms. The van der Waals surface area contributed by atoms with E-state index in [4.69, 9.17) is 22.1 Å². The Morgan fingerprint density at radius 2 is 2.28 bits per heavy atom. The van der Waals surface area contributed by atoms with Crippen LogP contribution in [0.3, 0.4) is 0 Å². The van der Waals surface area contributed by atoms with Crippen LogP contribution in [-0.2, 0) is 4.74 Å². The molecule has 0 bridgehead atoms. The van der Waals surface area contributed by atoms with E-state index >= 15 is 0 Å². The summed E-state index contributed by atoms with van der Waals surface area (Å²) >= 11 is 4.72. The fourth-order valence-electron chi connectivity index (χ4n) is 1.73. The summed E-state index contributed by atoms with van der Waals surface area (Å²) < 4.78 is 19.5. The van der Waals surface area contributed by atoms with Crippen LogP contribution in [0.2, 0.25) is 0 Å². The minimum absolute atomic E-state index is 0.165. The molecule has 1 saturated heterocycles. The van der Waals surface area contributed by atoms with E-state index < -0.39 is 36.6 Å². The van der Waals surface area contributed by atoms with Gasteiger partial charge in [0, 0.05) is 6.20 Å². The third kappa shape index (κ3) is 1.99. The van der Waals surface area contributed by atoms with Crippen LogP contribution in [0.4, 0.5) is 4.39 Å². The van der Waals surface area contributed by atoms with E-state index in [9.17, 15) is 19.4 Å². The molecule has 7 nitrogen and oxygen atoms in total. The largest absolute Gasteiger partial charge is 0.390 e. The van der Waals surface area contributed by atoms with Gasteiger partial charge in [0.25, 0.3) is 5.85 Å². The van der Waals surface area contributed by atoms with Gasteiger partial charge in [0.2, 0.25) is 0 Å². The molecule has 0 spiro atoms. The highest BCUT2D eigenvalue weighted by molar-refractivity contribution is 7.71. The molecule has 1 aromatic rings. The molecule has 4 N–H and O–H groups in total.